The molecule has 1 aliphatic carbocycles. The van der Waals surface area contributed by atoms with Crippen molar-refractivity contribution in [3.63, 3.8) is 0 Å². The molecule has 3 rings (SSSR count). The molecule has 1 aromatic carbocycles. The van der Waals surface area contributed by atoms with Crippen molar-refractivity contribution in [2.45, 2.75) is 104 Å². The third-order valence-corrected chi connectivity index (χ3v) is 13.2. The lowest BCUT2D eigenvalue weighted by molar-refractivity contribution is -0.274. The highest BCUT2D eigenvalue weighted by atomic mass is 127. The van der Waals surface area contributed by atoms with Crippen molar-refractivity contribution >= 4 is 30.9 Å². The fraction of sp³-hybridized carbons (Fsp3) is 0.607. The number of ether oxygens (including phenoxy) is 1. The number of alkyl halides is 3. The predicted octanol–water partition coefficient (Wildman–Crippen LogP) is 8.83. The number of aliphatic hydroxyl groups excluding tert-OH is 1. The molecule has 1 heterocycles. The minimum absolute atomic E-state index is 0.0127. The Morgan fingerprint density at radius 1 is 1.11 bits per heavy atom. The van der Waals surface area contributed by atoms with Crippen LogP contribution in [0, 0.1) is 8.99 Å². The first kappa shape index (κ1) is 30.4. The number of rotatable bonds is 6. The molecular formula is C28H39F3INO3Si. The molecule has 1 unspecified atom stereocenters. The van der Waals surface area contributed by atoms with E-state index in [0.717, 1.165) is 33.4 Å². The van der Waals surface area contributed by atoms with E-state index in [4.69, 9.17) is 9.41 Å². The molecule has 37 heavy (non-hydrogen) atoms. The van der Waals surface area contributed by atoms with E-state index in [-0.39, 0.29) is 28.2 Å². The quantitative estimate of drug-likeness (QED) is 0.251. The van der Waals surface area contributed by atoms with Gasteiger partial charge in [0.1, 0.15) is 11.9 Å². The van der Waals surface area contributed by atoms with Crippen LogP contribution in [0.2, 0.25) is 18.1 Å². The summed E-state index contributed by atoms with van der Waals surface area (Å²) in [5.74, 6) is -0.281. The van der Waals surface area contributed by atoms with Crippen molar-refractivity contribution in [1.29, 1.82) is 0 Å². The fourth-order valence-electron chi connectivity index (χ4n) is 4.59. The predicted molar refractivity (Wildman–Crippen MR) is 151 cm³/mol. The van der Waals surface area contributed by atoms with Crippen molar-refractivity contribution in [2.75, 3.05) is 0 Å². The Balaban J connectivity index is 2.13. The largest absolute Gasteiger partial charge is 0.573 e. The smallest absolute Gasteiger partial charge is 0.410 e. The maximum atomic E-state index is 12.6. The Hall–Kier alpha value is -1.17. The van der Waals surface area contributed by atoms with Gasteiger partial charge < -0.3 is 14.3 Å². The van der Waals surface area contributed by atoms with Gasteiger partial charge in [0.05, 0.1) is 11.8 Å². The van der Waals surface area contributed by atoms with Crippen LogP contribution in [0.25, 0.3) is 0 Å². The molecule has 1 aromatic heterocycles. The van der Waals surface area contributed by atoms with E-state index >= 15 is 0 Å². The summed E-state index contributed by atoms with van der Waals surface area (Å²) in [4.78, 5) is 5.12. The van der Waals surface area contributed by atoms with E-state index in [1.54, 1.807) is 0 Å². The van der Waals surface area contributed by atoms with Gasteiger partial charge in [-0.2, -0.15) is 0 Å². The number of aliphatic hydroxyl groups is 1. The van der Waals surface area contributed by atoms with Gasteiger partial charge in [0, 0.05) is 20.4 Å². The SMILES string of the molecule is CC(C)c1nc2c(c(I)c1[C@H](O)c1ccc(OC(F)(F)F)cc1)C(O[Si](C)(C)C(C)(C)C)CC(C)(C)C2. The molecule has 4 nitrogen and oxygen atoms in total. The molecule has 0 amide bonds. The summed E-state index contributed by atoms with van der Waals surface area (Å²) in [6, 6.07) is 5.40. The van der Waals surface area contributed by atoms with E-state index in [9.17, 15) is 18.3 Å². The average molecular weight is 650 g/mol. The Kier molecular flexibility index (Phi) is 8.56. The third kappa shape index (κ3) is 6.89. The van der Waals surface area contributed by atoms with E-state index in [0.29, 0.717) is 11.1 Å². The number of benzene rings is 1. The maximum Gasteiger partial charge on any atom is 0.573 e. The number of aromatic nitrogens is 1. The lowest BCUT2D eigenvalue weighted by Crippen LogP contribution is -2.44. The van der Waals surface area contributed by atoms with Crippen molar-refractivity contribution in [3.8, 4) is 5.75 Å². The van der Waals surface area contributed by atoms with Crippen molar-refractivity contribution in [3.05, 3.63) is 55.9 Å². The van der Waals surface area contributed by atoms with Gasteiger partial charge in [0.25, 0.3) is 0 Å². The maximum absolute atomic E-state index is 12.6. The molecule has 0 spiro atoms. The molecule has 0 radical (unpaired) electrons. The number of fused-ring (bicyclic) bond motifs is 1. The van der Waals surface area contributed by atoms with Gasteiger partial charge >= 0.3 is 6.36 Å². The molecule has 1 aliphatic rings. The molecule has 1 N–H and O–H groups in total. The lowest BCUT2D eigenvalue weighted by atomic mass is 9.74. The second-order valence-corrected chi connectivity index (χ2v) is 18.5. The molecule has 206 valence electrons. The van der Waals surface area contributed by atoms with Crippen LogP contribution in [0.5, 0.6) is 5.75 Å². The highest BCUT2D eigenvalue weighted by Gasteiger charge is 2.44. The van der Waals surface area contributed by atoms with Gasteiger partial charge in [-0.3, -0.25) is 4.98 Å². The summed E-state index contributed by atoms with van der Waals surface area (Å²) in [5.41, 5.74) is 4.04. The second kappa shape index (κ2) is 10.4. The zero-order chi connectivity index (χ0) is 28.1. The zero-order valence-electron chi connectivity index (χ0n) is 23.2. The molecule has 0 fully saturated rings. The molecule has 0 bridgehead atoms. The van der Waals surface area contributed by atoms with Gasteiger partial charge in [-0.05, 0) is 82.6 Å². The van der Waals surface area contributed by atoms with E-state index < -0.39 is 20.8 Å². The molecule has 0 saturated heterocycles. The molecule has 2 aromatic rings. The minimum Gasteiger partial charge on any atom is -0.410 e. The van der Waals surface area contributed by atoms with Crippen LogP contribution in [0.3, 0.4) is 0 Å². The van der Waals surface area contributed by atoms with E-state index in [2.05, 4.69) is 75.0 Å². The Labute approximate surface area is 233 Å². The normalized spacial score (nSPS) is 19.1. The van der Waals surface area contributed by atoms with Crippen LogP contribution in [-0.2, 0) is 10.8 Å². The Morgan fingerprint density at radius 2 is 1.68 bits per heavy atom. The van der Waals surface area contributed by atoms with Gasteiger partial charge in [0.15, 0.2) is 8.32 Å². The summed E-state index contributed by atoms with van der Waals surface area (Å²) >= 11 is 2.31. The number of pyridine rings is 1. The van der Waals surface area contributed by atoms with Crippen LogP contribution >= 0.6 is 22.6 Å². The molecule has 9 heteroatoms. The number of nitrogens with zero attached hydrogens (tertiary/aromatic N) is 1. The highest BCUT2D eigenvalue weighted by Crippen LogP contribution is 2.50. The van der Waals surface area contributed by atoms with Gasteiger partial charge in [-0.1, -0.05) is 60.6 Å². The first-order valence-corrected chi connectivity index (χ1v) is 16.6. The first-order chi connectivity index (χ1) is 16.7. The summed E-state index contributed by atoms with van der Waals surface area (Å²) in [7, 11) is -2.12. The van der Waals surface area contributed by atoms with Crippen LogP contribution in [0.4, 0.5) is 13.2 Å². The summed E-state index contributed by atoms with van der Waals surface area (Å²) in [6.07, 6.45) is -4.30. The fourth-order valence-corrected chi connectivity index (χ4v) is 7.09. The van der Waals surface area contributed by atoms with E-state index in [1.165, 1.54) is 24.3 Å². The van der Waals surface area contributed by atoms with Crippen molar-refractivity contribution in [1.82, 2.24) is 4.98 Å². The summed E-state index contributed by atoms with van der Waals surface area (Å²) in [6.45, 7) is 19.7. The van der Waals surface area contributed by atoms with Crippen LogP contribution < -0.4 is 4.74 Å². The monoisotopic (exact) mass is 649 g/mol. The third-order valence-electron chi connectivity index (χ3n) is 7.51. The highest BCUT2D eigenvalue weighted by molar-refractivity contribution is 14.1. The molecule has 0 saturated carbocycles. The average Bonchev–Trinajstić information content (AvgIpc) is 2.70. The molecule has 2 atom stereocenters. The van der Waals surface area contributed by atoms with Crippen LogP contribution in [0.1, 0.15) is 101 Å². The minimum atomic E-state index is -4.77. The van der Waals surface area contributed by atoms with Crippen LogP contribution in [0.15, 0.2) is 24.3 Å². The Morgan fingerprint density at radius 3 is 2.16 bits per heavy atom. The van der Waals surface area contributed by atoms with Crippen LogP contribution in [-0.4, -0.2) is 24.8 Å². The first-order valence-electron chi connectivity index (χ1n) is 12.7. The number of hydrogen-bond donors (Lipinski definition) is 1. The Bertz CT molecular complexity index is 1130. The standard InChI is InChI=1S/C28H39F3INO3Si/c1-16(2)24-22(25(34)17-10-12-18(13-11-17)35-28(29,30)31)23(32)21-19(33-24)14-27(6,7)15-20(21)36-37(8,9)26(3,4)5/h10-13,16,20,25,34H,14-15H2,1-9H3/t20?,25-/m1/s1. The summed E-state index contributed by atoms with van der Waals surface area (Å²) < 4.78 is 49.7. The number of halogens is 4. The summed E-state index contributed by atoms with van der Waals surface area (Å²) in [5, 5.41) is 11.6. The van der Waals surface area contributed by atoms with Gasteiger partial charge in [-0.15, -0.1) is 13.2 Å². The van der Waals surface area contributed by atoms with E-state index in [1.807, 2.05) is 13.8 Å². The van der Waals surface area contributed by atoms with Crippen molar-refractivity contribution < 1.29 is 27.4 Å². The molecular weight excluding hydrogens is 610 g/mol. The van der Waals surface area contributed by atoms with Crippen molar-refractivity contribution in [2.24, 2.45) is 5.41 Å². The van der Waals surface area contributed by atoms with Gasteiger partial charge in [0.2, 0.25) is 0 Å². The van der Waals surface area contributed by atoms with Gasteiger partial charge in [-0.25, -0.2) is 0 Å². The zero-order valence-corrected chi connectivity index (χ0v) is 26.3. The number of hydrogen-bond acceptors (Lipinski definition) is 4. The second-order valence-electron chi connectivity index (χ2n) is 12.7. The lowest BCUT2D eigenvalue weighted by Gasteiger charge is -2.44. The molecule has 0 aliphatic heterocycles. The topological polar surface area (TPSA) is 51.6 Å².